The first-order valence-corrected chi connectivity index (χ1v) is 11.9. The Hall–Kier alpha value is -2.66. The fourth-order valence-electron chi connectivity index (χ4n) is 3.28. The third-order valence-electron chi connectivity index (χ3n) is 4.99. The van der Waals surface area contributed by atoms with E-state index >= 15 is 0 Å². The van der Waals surface area contributed by atoms with E-state index in [9.17, 15) is 22.8 Å². The summed E-state index contributed by atoms with van der Waals surface area (Å²) < 4.78 is 38.0. The quantitative estimate of drug-likeness (QED) is 0.556. The molecular weight excluding hydrogens is 438 g/mol. The van der Waals surface area contributed by atoms with Gasteiger partial charge in [0.05, 0.1) is 12.7 Å². The number of benzene rings is 1. The number of nitrogens with zero attached hydrogens (tertiary/aromatic N) is 1. The lowest BCUT2D eigenvalue weighted by Crippen LogP contribution is -2.42. The summed E-state index contributed by atoms with van der Waals surface area (Å²) >= 11 is 0. The van der Waals surface area contributed by atoms with E-state index in [4.69, 9.17) is 9.47 Å². The van der Waals surface area contributed by atoms with Gasteiger partial charge in [-0.25, -0.2) is 18.0 Å². The SMILES string of the molecule is COc1ccc(C(=O)OCC(=O)NC(=O)NCC(C)C)cc1S(=O)(=O)N1CCCCC1C. The van der Waals surface area contributed by atoms with Crippen molar-refractivity contribution in [1.82, 2.24) is 14.9 Å². The number of nitrogens with one attached hydrogen (secondary N) is 2. The van der Waals surface area contributed by atoms with Gasteiger partial charge in [0.15, 0.2) is 6.61 Å². The molecule has 1 fully saturated rings. The molecule has 0 bridgehead atoms. The van der Waals surface area contributed by atoms with Crippen LogP contribution >= 0.6 is 0 Å². The second-order valence-electron chi connectivity index (χ2n) is 8.05. The summed E-state index contributed by atoms with van der Waals surface area (Å²) in [6, 6.07) is 3.06. The van der Waals surface area contributed by atoms with Crippen LogP contribution in [0.25, 0.3) is 0 Å². The van der Waals surface area contributed by atoms with Gasteiger partial charge < -0.3 is 14.8 Å². The van der Waals surface area contributed by atoms with Gasteiger partial charge in [0, 0.05) is 19.1 Å². The van der Waals surface area contributed by atoms with Crippen molar-refractivity contribution in [3.63, 3.8) is 0 Å². The molecule has 0 saturated carbocycles. The van der Waals surface area contributed by atoms with Crippen LogP contribution in [0, 0.1) is 5.92 Å². The highest BCUT2D eigenvalue weighted by Crippen LogP contribution is 2.31. The van der Waals surface area contributed by atoms with Crippen molar-refractivity contribution in [3.8, 4) is 5.75 Å². The first-order valence-electron chi connectivity index (χ1n) is 10.5. The van der Waals surface area contributed by atoms with Crippen LogP contribution < -0.4 is 15.4 Å². The Morgan fingerprint density at radius 1 is 1.22 bits per heavy atom. The maximum atomic E-state index is 13.2. The molecule has 1 heterocycles. The van der Waals surface area contributed by atoms with E-state index in [0.717, 1.165) is 19.3 Å². The number of imide groups is 1. The number of ether oxygens (including phenoxy) is 2. The summed E-state index contributed by atoms with van der Waals surface area (Å²) in [7, 11) is -2.55. The van der Waals surface area contributed by atoms with E-state index in [1.54, 1.807) is 0 Å². The van der Waals surface area contributed by atoms with Crippen molar-refractivity contribution in [2.75, 3.05) is 26.8 Å². The lowest BCUT2D eigenvalue weighted by molar-refractivity contribution is -0.123. The van der Waals surface area contributed by atoms with Crippen LogP contribution in [-0.2, 0) is 19.6 Å². The summed E-state index contributed by atoms with van der Waals surface area (Å²) in [5.41, 5.74) is -0.0499. The number of sulfonamides is 1. The van der Waals surface area contributed by atoms with E-state index in [1.807, 2.05) is 20.8 Å². The molecular formula is C21H31N3O7S. The number of esters is 1. The molecule has 32 heavy (non-hydrogen) atoms. The highest BCUT2D eigenvalue weighted by Gasteiger charge is 2.33. The van der Waals surface area contributed by atoms with E-state index < -0.39 is 34.5 Å². The number of hydrogen-bond donors (Lipinski definition) is 2. The van der Waals surface area contributed by atoms with Gasteiger partial charge in [-0.15, -0.1) is 0 Å². The van der Waals surface area contributed by atoms with Gasteiger partial charge in [-0.05, 0) is 43.9 Å². The summed E-state index contributed by atoms with van der Waals surface area (Å²) in [6.45, 7) is 5.73. The molecule has 1 aliphatic rings. The predicted molar refractivity (Wildman–Crippen MR) is 117 cm³/mol. The lowest BCUT2D eigenvalue weighted by atomic mass is 10.1. The summed E-state index contributed by atoms with van der Waals surface area (Å²) in [5, 5.41) is 4.56. The van der Waals surface area contributed by atoms with Crippen molar-refractivity contribution in [2.24, 2.45) is 5.92 Å². The van der Waals surface area contributed by atoms with Crippen molar-refractivity contribution in [1.29, 1.82) is 0 Å². The minimum atomic E-state index is -3.90. The first kappa shape index (κ1) is 25.6. The maximum Gasteiger partial charge on any atom is 0.338 e. The van der Waals surface area contributed by atoms with Crippen LogP contribution in [-0.4, -0.2) is 63.5 Å². The van der Waals surface area contributed by atoms with Gasteiger partial charge in [0.25, 0.3) is 5.91 Å². The zero-order valence-corrected chi connectivity index (χ0v) is 19.7. The molecule has 178 valence electrons. The molecule has 1 aromatic rings. The van der Waals surface area contributed by atoms with Crippen molar-refractivity contribution in [3.05, 3.63) is 23.8 Å². The van der Waals surface area contributed by atoms with Gasteiger partial charge in [-0.3, -0.25) is 10.1 Å². The largest absolute Gasteiger partial charge is 0.495 e. The second kappa shape index (κ2) is 11.3. The zero-order valence-electron chi connectivity index (χ0n) is 18.8. The Morgan fingerprint density at radius 3 is 2.56 bits per heavy atom. The predicted octanol–water partition coefficient (Wildman–Crippen LogP) is 1.90. The standard InChI is InChI=1S/C21H31N3O7S/c1-14(2)12-22-21(27)23-19(25)13-31-20(26)16-8-9-17(30-4)18(11-16)32(28,29)24-10-6-5-7-15(24)3/h8-9,11,14-15H,5-7,10,12-13H2,1-4H3,(H2,22,23,25,27). The molecule has 1 saturated heterocycles. The van der Waals surface area contributed by atoms with Crippen molar-refractivity contribution < 1.29 is 32.3 Å². The molecule has 1 atom stereocenters. The molecule has 0 aromatic heterocycles. The van der Waals surface area contributed by atoms with E-state index in [2.05, 4.69) is 10.6 Å². The molecule has 2 N–H and O–H groups in total. The molecule has 2 rings (SSSR count). The van der Waals surface area contributed by atoms with Gasteiger partial charge in [-0.1, -0.05) is 20.3 Å². The second-order valence-corrected chi connectivity index (χ2v) is 9.91. The smallest absolute Gasteiger partial charge is 0.338 e. The Morgan fingerprint density at radius 2 is 1.94 bits per heavy atom. The number of carbonyl (C=O) groups excluding carboxylic acids is 3. The summed E-state index contributed by atoms with van der Waals surface area (Å²) in [6.07, 6.45) is 2.46. The third-order valence-corrected chi connectivity index (χ3v) is 7.02. The molecule has 1 aromatic carbocycles. The average Bonchev–Trinajstić information content (AvgIpc) is 2.75. The Kier molecular flexibility index (Phi) is 9.02. The normalized spacial score (nSPS) is 17.0. The number of hydrogen-bond acceptors (Lipinski definition) is 7. The zero-order chi connectivity index (χ0) is 23.9. The molecule has 3 amide bonds. The maximum absolute atomic E-state index is 13.2. The summed E-state index contributed by atoms with van der Waals surface area (Å²) in [4.78, 5) is 35.7. The molecule has 0 radical (unpaired) electrons. The fraction of sp³-hybridized carbons (Fsp3) is 0.571. The summed E-state index contributed by atoms with van der Waals surface area (Å²) in [5.74, 6) is -1.38. The molecule has 11 heteroatoms. The number of carbonyl (C=O) groups is 3. The molecule has 0 spiro atoms. The van der Waals surface area contributed by atoms with Crippen molar-refractivity contribution >= 4 is 27.9 Å². The van der Waals surface area contributed by atoms with Gasteiger partial charge >= 0.3 is 12.0 Å². The minimum absolute atomic E-state index is 0.0499. The lowest BCUT2D eigenvalue weighted by Gasteiger charge is -2.32. The number of rotatable bonds is 8. The van der Waals surface area contributed by atoms with E-state index in [1.165, 1.54) is 29.6 Å². The molecule has 1 unspecified atom stereocenters. The van der Waals surface area contributed by atoms with Crippen molar-refractivity contribution in [2.45, 2.75) is 51.0 Å². The molecule has 10 nitrogen and oxygen atoms in total. The Bertz CT molecular complexity index is 947. The number of piperidine rings is 1. The number of urea groups is 1. The van der Waals surface area contributed by atoms with E-state index in [0.29, 0.717) is 13.1 Å². The highest BCUT2D eigenvalue weighted by atomic mass is 32.2. The van der Waals surface area contributed by atoms with Gasteiger partial charge in [-0.2, -0.15) is 4.31 Å². The van der Waals surface area contributed by atoms with E-state index in [-0.39, 0.29) is 28.2 Å². The van der Waals surface area contributed by atoms with Crippen LogP contribution in [0.1, 0.15) is 50.4 Å². The van der Waals surface area contributed by atoms with Crippen LogP contribution in [0.15, 0.2) is 23.1 Å². The Balaban J connectivity index is 2.10. The first-order chi connectivity index (χ1) is 15.1. The van der Waals surface area contributed by atoms with Crippen LogP contribution in [0.3, 0.4) is 0 Å². The van der Waals surface area contributed by atoms with Gasteiger partial charge in [0.1, 0.15) is 10.6 Å². The monoisotopic (exact) mass is 469 g/mol. The minimum Gasteiger partial charge on any atom is -0.495 e. The van der Waals surface area contributed by atoms with Crippen LogP contribution in [0.4, 0.5) is 4.79 Å². The fourth-order valence-corrected chi connectivity index (χ4v) is 5.16. The van der Waals surface area contributed by atoms with Gasteiger partial charge in [0.2, 0.25) is 10.0 Å². The Labute approximate surface area is 188 Å². The van der Waals surface area contributed by atoms with Crippen LogP contribution in [0.2, 0.25) is 0 Å². The average molecular weight is 470 g/mol. The number of amides is 3. The third kappa shape index (κ3) is 6.67. The number of methoxy groups -OCH3 is 1. The molecule has 1 aliphatic heterocycles. The molecule has 0 aliphatic carbocycles. The van der Waals surface area contributed by atoms with Crippen LogP contribution in [0.5, 0.6) is 5.75 Å². The highest BCUT2D eigenvalue weighted by molar-refractivity contribution is 7.89. The topological polar surface area (TPSA) is 131 Å².